The van der Waals surface area contributed by atoms with Gasteiger partial charge >= 0.3 is 0 Å². The summed E-state index contributed by atoms with van der Waals surface area (Å²) in [6, 6.07) is 17.0. The summed E-state index contributed by atoms with van der Waals surface area (Å²) in [5.74, 6) is -0.199. The Morgan fingerprint density at radius 2 is 1.67 bits per heavy atom. The van der Waals surface area contributed by atoms with E-state index in [-0.39, 0.29) is 11.8 Å². The first-order valence-electron chi connectivity index (χ1n) is 11.5. The topological polar surface area (TPSA) is 77.6 Å². The van der Waals surface area contributed by atoms with Crippen molar-refractivity contribution >= 4 is 28.4 Å². The number of amides is 2. The summed E-state index contributed by atoms with van der Waals surface area (Å²) in [5.41, 5.74) is 3.74. The molecule has 2 N–H and O–H groups in total. The highest BCUT2D eigenvalue weighted by Crippen LogP contribution is 2.26. The largest absolute Gasteiger partial charge is 0.351 e. The van der Waals surface area contributed by atoms with Gasteiger partial charge in [-0.1, -0.05) is 37.3 Å². The van der Waals surface area contributed by atoms with Gasteiger partial charge in [0.15, 0.2) is 0 Å². The van der Waals surface area contributed by atoms with Gasteiger partial charge in [-0.05, 0) is 30.8 Å². The normalized spacial score (nSPS) is 14.8. The Hall–Kier alpha value is -3.29. The van der Waals surface area contributed by atoms with E-state index in [1.807, 2.05) is 54.6 Å². The van der Waals surface area contributed by atoms with Crippen molar-refractivity contribution in [2.45, 2.75) is 13.8 Å². The number of likely N-dealkylation sites (N-methyl/N-ethyl adjacent to an activating group) is 1. The molecule has 0 saturated carbocycles. The van der Waals surface area contributed by atoms with Crippen LogP contribution in [0.5, 0.6) is 0 Å². The Labute approximate surface area is 194 Å². The lowest BCUT2D eigenvalue weighted by Gasteiger charge is -2.33. The minimum atomic E-state index is -0.113. The summed E-state index contributed by atoms with van der Waals surface area (Å²) >= 11 is 0. The molecule has 0 atom stereocenters. The fourth-order valence-corrected chi connectivity index (χ4v) is 4.19. The van der Waals surface area contributed by atoms with Crippen LogP contribution in [0.4, 0.5) is 5.69 Å². The predicted octanol–water partition coefficient (Wildman–Crippen LogP) is 3.23. The molecule has 0 spiro atoms. The van der Waals surface area contributed by atoms with Gasteiger partial charge in [-0.3, -0.25) is 14.5 Å². The summed E-state index contributed by atoms with van der Waals surface area (Å²) in [6.07, 6.45) is 0. The number of pyridine rings is 1. The molecule has 7 nitrogen and oxygen atoms in total. The van der Waals surface area contributed by atoms with Crippen LogP contribution in [-0.2, 0) is 4.79 Å². The zero-order chi connectivity index (χ0) is 23.2. The van der Waals surface area contributed by atoms with Crippen LogP contribution in [0.2, 0.25) is 0 Å². The van der Waals surface area contributed by atoms with Gasteiger partial charge in [-0.25, -0.2) is 4.98 Å². The van der Waals surface area contributed by atoms with Crippen molar-refractivity contribution in [2.75, 3.05) is 51.1 Å². The second kappa shape index (κ2) is 10.6. The number of aromatic nitrogens is 1. The fourth-order valence-electron chi connectivity index (χ4n) is 4.19. The van der Waals surface area contributed by atoms with Crippen molar-refractivity contribution in [3.05, 3.63) is 60.2 Å². The number of rotatable bonds is 7. The van der Waals surface area contributed by atoms with E-state index in [1.54, 1.807) is 0 Å². The first kappa shape index (κ1) is 22.9. The number of anilines is 1. The standard InChI is InChI=1S/C26H31N5O2/c1-3-30-14-16-31(17-15-30)13-12-27-26(33)23-18-25(29-24-7-5-4-6-22(23)24)20-8-10-21(11-9-20)28-19(2)32/h4-11,18H,3,12-17H2,1-2H3,(H,27,33)(H,28,32). The van der Waals surface area contributed by atoms with E-state index in [1.165, 1.54) is 6.92 Å². The third-order valence-corrected chi connectivity index (χ3v) is 6.09. The quantitative estimate of drug-likeness (QED) is 0.584. The van der Waals surface area contributed by atoms with Crippen molar-refractivity contribution in [1.29, 1.82) is 0 Å². The van der Waals surface area contributed by atoms with Crippen molar-refractivity contribution in [3.63, 3.8) is 0 Å². The molecule has 1 saturated heterocycles. The lowest BCUT2D eigenvalue weighted by molar-refractivity contribution is -0.114. The molecule has 7 heteroatoms. The highest BCUT2D eigenvalue weighted by molar-refractivity contribution is 6.07. The SMILES string of the molecule is CCN1CCN(CCNC(=O)c2cc(-c3ccc(NC(C)=O)cc3)nc3ccccc23)CC1. The average molecular weight is 446 g/mol. The van der Waals surface area contributed by atoms with Crippen LogP contribution < -0.4 is 10.6 Å². The van der Waals surface area contributed by atoms with E-state index in [0.717, 1.165) is 67.1 Å². The Kier molecular flexibility index (Phi) is 7.32. The van der Waals surface area contributed by atoms with Crippen molar-refractivity contribution in [2.24, 2.45) is 0 Å². The predicted molar refractivity (Wildman–Crippen MR) is 132 cm³/mol. The van der Waals surface area contributed by atoms with Gasteiger partial charge in [-0.2, -0.15) is 0 Å². The van der Waals surface area contributed by atoms with Gasteiger partial charge in [0.25, 0.3) is 5.91 Å². The Bertz CT molecular complexity index is 1120. The lowest BCUT2D eigenvalue weighted by atomic mass is 10.0. The summed E-state index contributed by atoms with van der Waals surface area (Å²) in [4.78, 5) is 34.0. The summed E-state index contributed by atoms with van der Waals surface area (Å²) < 4.78 is 0. The maximum absolute atomic E-state index is 13.1. The molecule has 3 aromatic rings. The Morgan fingerprint density at radius 1 is 0.970 bits per heavy atom. The zero-order valence-electron chi connectivity index (χ0n) is 19.3. The van der Waals surface area contributed by atoms with Gasteiger partial charge in [0.1, 0.15) is 0 Å². The maximum Gasteiger partial charge on any atom is 0.252 e. The lowest BCUT2D eigenvalue weighted by Crippen LogP contribution is -2.48. The zero-order valence-corrected chi connectivity index (χ0v) is 19.3. The van der Waals surface area contributed by atoms with Crippen molar-refractivity contribution in [1.82, 2.24) is 20.1 Å². The average Bonchev–Trinajstić information content (AvgIpc) is 2.84. The molecule has 1 aliphatic heterocycles. The molecule has 1 aromatic heterocycles. The third kappa shape index (κ3) is 5.74. The van der Waals surface area contributed by atoms with E-state index >= 15 is 0 Å². The van der Waals surface area contributed by atoms with Gasteiger partial charge in [0.2, 0.25) is 5.91 Å². The van der Waals surface area contributed by atoms with Gasteiger partial charge < -0.3 is 15.5 Å². The van der Waals surface area contributed by atoms with E-state index in [0.29, 0.717) is 12.1 Å². The number of nitrogens with zero attached hydrogens (tertiary/aromatic N) is 3. The van der Waals surface area contributed by atoms with E-state index in [9.17, 15) is 9.59 Å². The molecule has 1 aliphatic rings. The van der Waals surface area contributed by atoms with Crippen molar-refractivity contribution < 1.29 is 9.59 Å². The van der Waals surface area contributed by atoms with Crippen LogP contribution in [0.1, 0.15) is 24.2 Å². The number of carbonyl (C=O) groups is 2. The van der Waals surface area contributed by atoms with Gasteiger partial charge in [0.05, 0.1) is 16.8 Å². The minimum absolute atomic E-state index is 0.0862. The number of carbonyl (C=O) groups excluding carboxylic acids is 2. The number of nitrogens with one attached hydrogen (secondary N) is 2. The highest BCUT2D eigenvalue weighted by atomic mass is 16.2. The molecule has 4 rings (SSSR count). The first-order chi connectivity index (χ1) is 16.0. The van der Waals surface area contributed by atoms with Gasteiger partial charge in [0, 0.05) is 62.8 Å². The van der Waals surface area contributed by atoms with E-state index in [2.05, 4.69) is 27.4 Å². The summed E-state index contributed by atoms with van der Waals surface area (Å²) in [5, 5.41) is 6.71. The number of hydrogen-bond acceptors (Lipinski definition) is 5. The summed E-state index contributed by atoms with van der Waals surface area (Å²) in [6.45, 7) is 10.5. The molecular formula is C26H31N5O2. The second-order valence-electron chi connectivity index (χ2n) is 8.36. The number of hydrogen-bond donors (Lipinski definition) is 2. The summed E-state index contributed by atoms with van der Waals surface area (Å²) in [7, 11) is 0. The van der Waals surface area contributed by atoms with Gasteiger partial charge in [-0.15, -0.1) is 0 Å². The smallest absolute Gasteiger partial charge is 0.252 e. The molecule has 0 unspecified atom stereocenters. The molecule has 2 heterocycles. The minimum Gasteiger partial charge on any atom is -0.351 e. The number of para-hydroxylation sites is 1. The monoisotopic (exact) mass is 445 g/mol. The molecule has 33 heavy (non-hydrogen) atoms. The molecule has 0 aliphatic carbocycles. The van der Waals surface area contributed by atoms with E-state index in [4.69, 9.17) is 4.98 Å². The van der Waals surface area contributed by atoms with E-state index < -0.39 is 0 Å². The van der Waals surface area contributed by atoms with Crippen LogP contribution in [-0.4, -0.2) is 72.4 Å². The number of fused-ring (bicyclic) bond motifs is 1. The molecule has 1 fully saturated rings. The van der Waals surface area contributed by atoms with Crippen LogP contribution in [0.15, 0.2) is 54.6 Å². The highest BCUT2D eigenvalue weighted by Gasteiger charge is 2.17. The van der Waals surface area contributed by atoms with Crippen LogP contribution >= 0.6 is 0 Å². The number of benzene rings is 2. The fraction of sp³-hybridized carbons (Fsp3) is 0.346. The molecule has 0 bridgehead atoms. The van der Waals surface area contributed by atoms with Crippen molar-refractivity contribution in [3.8, 4) is 11.3 Å². The third-order valence-electron chi connectivity index (χ3n) is 6.09. The molecule has 172 valence electrons. The molecular weight excluding hydrogens is 414 g/mol. The number of piperazine rings is 1. The maximum atomic E-state index is 13.1. The Morgan fingerprint density at radius 3 is 2.36 bits per heavy atom. The van der Waals surface area contributed by atoms with Crippen LogP contribution in [0.25, 0.3) is 22.2 Å². The molecule has 0 radical (unpaired) electrons. The van der Waals surface area contributed by atoms with Crippen LogP contribution in [0, 0.1) is 0 Å². The molecule has 2 amide bonds. The van der Waals surface area contributed by atoms with Crippen LogP contribution in [0.3, 0.4) is 0 Å². The molecule has 2 aromatic carbocycles. The Balaban J connectivity index is 1.49. The first-order valence-corrected chi connectivity index (χ1v) is 11.5. The second-order valence-corrected chi connectivity index (χ2v) is 8.36.